The fourth-order valence-electron chi connectivity index (χ4n) is 4.32. The zero-order valence-corrected chi connectivity index (χ0v) is 26.0. The second-order valence-electron chi connectivity index (χ2n) is 9.60. The lowest BCUT2D eigenvalue weighted by atomic mass is 10.1. The number of imidazole rings is 1. The SMILES string of the molecule is COc1cc(-c2n(/N=C/c3ccc(N(C)C)cc3)cc[n+]2CC(=O)c2ccc(N(C)C)cc2)cc(OC)c1OC.[Br-]. The average Bonchev–Trinajstić information content (AvgIpc) is 3.37. The van der Waals surface area contributed by atoms with E-state index in [1.807, 2.05) is 116 Å². The standard InChI is InChI=1S/C31H36N5O4.BrH/c1-33(2)25-12-8-22(9-13-25)20-32-36-17-16-35(21-27(37)23-10-14-26(15-11-23)34(3)4)31(36)24-18-28(38-5)30(40-7)29(19-24)39-6;/h8-20H,21H2,1-7H3;1H/q+1;/p-1/b32-20+;. The maximum Gasteiger partial charge on any atom is 0.315 e. The summed E-state index contributed by atoms with van der Waals surface area (Å²) >= 11 is 0. The Morgan fingerprint density at radius 3 is 1.88 bits per heavy atom. The monoisotopic (exact) mass is 621 g/mol. The number of halogens is 1. The Bertz CT molecular complexity index is 1470. The molecule has 9 nitrogen and oxygen atoms in total. The number of hydrogen-bond acceptors (Lipinski definition) is 7. The first kappa shape index (κ1) is 31.2. The van der Waals surface area contributed by atoms with Crippen LogP contribution in [0.5, 0.6) is 17.2 Å². The number of hydrogen-bond donors (Lipinski definition) is 0. The molecule has 1 heterocycles. The van der Waals surface area contributed by atoms with Crippen LogP contribution in [0.15, 0.2) is 78.2 Å². The number of ketones is 1. The molecule has 0 aliphatic rings. The predicted octanol–water partition coefficient (Wildman–Crippen LogP) is 1.37. The Hall–Kier alpha value is -4.31. The van der Waals surface area contributed by atoms with Crippen LogP contribution in [-0.4, -0.2) is 66.2 Å². The Kier molecular flexibility index (Phi) is 10.5. The minimum Gasteiger partial charge on any atom is -1.00 e. The van der Waals surface area contributed by atoms with Gasteiger partial charge in [-0.05, 0) is 54.1 Å². The van der Waals surface area contributed by atoms with Gasteiger partial charge < -0.3 is 41.0 Å². The summed E-state index contributed by atoms with van der Waals surface area (Å²) in [6.07, 6.45) is 5.45. The van der Waals surface area contributed by atoms with Crippen molar-refractivity contribution in [3.05, 3.63) is 84.2 Å². The van der Waals surface area contributed by atoms with Gasteiger partial charge in [0.05, 0.1) is 33.1 Å². The van der Waals surface area contributed by atoms with Gasteiger partial charge in [0.1, 0.15) is 6.20 Å². The molecule has 0 unspecified atom stereocenters. The van der Waals surface area contributed by atoms with Crippen LogP contribution in [0.25, 0.3) is 11.4 Å². The highest BCUT2D eigenvalue weighted by molar-refractivity contribution is 5.95. The molecule has 0 radical (unpaired) electrons. The number of benzene rings is 3. The first-order valence-corrected chi connectivity index (χ1v) is 12.8. The summed E-state index contributed by atoms with van der Waals surface area (Å²) < 4.78 is 20.3. The van der Waals surface area contributed by atoms with Crippen molar-refractivity contribution in [1.29, 1.82) is 0 Å². The quantitative estimate of drug-likeness (QED) is 0.143. The second-order valence-corrected chi connectivity index (χ2v) is 9.60. The summed E-state index contributed by atoms with van der Waals surface area (Å²) in [6, 6.07) is 19.4. The van der Waals surface area contributed by atoms with E-state index in [2.05, 4.69) is 0 Å². The second kappa shape index (κ2) is 13.8. The van der Waals surface area contributed by atoms with Crippen molar-refractivity contribution in [2.45, 2.75) is 6.54 Å². The summed E-state index contributed by atoms with van der Waals surface area (Å²) in [5, 5.41) is 4.74. The summed E-state index contributed by atoms with van der Waals surface area (Å²) in [5.41, 5.74) is 4.45. The molecule has 0 saturated heterocycles. The van der Waals surface area contributed by atoms with Crippen LogP contribution in [0.2, 0.25) is 0 Å². The van der Waals surface area contributed by atoms with E-state index in [1.54, 1.807) is 32.2 Å². The number of Topliss-reactive ketones (excluding diaryl/α,β-unsaturated/α-hetero) is 1. The van der Waals surface area contributed by atoms with Gasteiger partial charge in [0.25, 0.3) is 0 Å². The van der Waals surface area contributed by atoms with Gasteiger partial charge in [-0.2, -0.15) is 0 Å². The first-order chi connectivity index (χ1) is 19.2. The molecule has 4 aromatic rings. The molecule has 1 aromatic heterocycles. The van der Waals surface area contributed by atoms with Crippen LogP contribution in [-0.2, 0) is 6.54 Å². The van der Waals surface area contributed by atoms with E-state index in [-0.39, 0.29) is 29.3 Å². The Balaban J connectivity index is 0.00000462. The highest BCUT2D eigenvalue weighted by atomic mass is 79.9. The zero-order valence-electron chi connectivity index (χ0n) is 24.5. The largest absolute Gasteiger partial charge is 1.00 e. The molecule has 0 saturated carbocycles. The van der Waals surface area contributed by atoms with E-state index in [9.17, 15) is 4.79 Å². The van der Waals surface area contributed by atoms with Gasteiger partial charge in [-0.25, -0.2) is 4.57 Å². The normalized spacial score (nSPS) is 10.7. The van der Waals surface area contributed by atoms with Crippen molar-refractivity contribution < 1.29 is 40.6 Å². The number of carbonyl (C=O) groups is 1. The molecule has 0 atom stereocenters. The van der Waals surface area contributed by atoms with Crippen molar-refractivity contribution in [2.75, 3.05) is 59.3 Å². The van der Waals surface area contributed by atoms with Gasteiger partial charge in [0.2, 0.25) is 11.5 Å². The Labute approximate surface area is 252 Å². The highest BCUT2D eigenvalue weighted by Gasteiger charge is 2.26. The molecule has 0 bridgehead atoms. The smallest absolute Gasteiger partial charge is 0.315 e. The molecular formula is C31H36BrN5O4. The third-order valence-corrected chi connectivity index (χ3v) is 6.56. The number of nitrogens with zero attached hydrogens (tertiary/aromatic N) is 5. The van der Waals surface area contributed by atoms with Crippen LogP contribution in [0, 0.1) is 0 Å². The number of methoxy groups -OCH3 is 3. The molecule has 0 amide bonds. The molecule has 0 fully saturated rings. The lowest BCUT2D eigenvalue weighted by molar-refractivity contribution is -0.671. The van der Waals surface area contributed by atoms with Crippen molar-refractivity contribution in [3.63, 3.8) is 0 Å². The van der Waals surface area contributed by atoms with E-state index in [0.29, 0.717) is 28.6 Å². The molecule has 0 spiro atoms. The van der Waals surface area contributed by atoms with E-state index in [1.165, 1.54) is 0 Å². The molecule has 0 aliphatic heterocycles. The summed E-state index contributed by atoms with van der Waals surface area (Å²) in [5.74, 6) is 2.15. The molecule has 10 heteroatoms. The third kappa shape index (κ3) is 7.07. The topological polar surface area (TPSA) is 72.4 Å². The molecule has 0 aliphatic carbocycles. The highest BCUT2D eigenvalue weighted by Crippen LogP contribution is 2.40. The van der Waals surface area contributed by atoms with Gasteiger partial charge in [0, 0.05) is 45.1 Å². The number of anilines is 2. The molecule has 4 rings (SSSR count). The first-order valence-electron chi connectivity index (χ1n) is 12.8. The Morgan fingerprint density at radius 2 is 1.39 bits per heavy atom. The molecule has 216 valence electrons. The predicted molar refractivity (Wildman–Crippen MR) is 159 cm³/mol. The van der Waals surface area contributed by atoms with E-state index in [4.69, 9.17) is 19.3 Å². The lowest BCUT2D eigenvalue weighted by Gasteiger charge is -2.13. The minimum absolute atomic E-state index is 0. The van der Waals surface area contributed by atoms with Crippen LogP contribution >= 0.6 is 0 Å². The lowest BCUT2D eigenvalue weighted by Crippen LogP contribution is -3.00. The van der Waals surface area contributed by atoms with Crippen LogP contribution in [0.4, 0.5) is 11.4 Å². The van der Waals surface area contributed by atoms with Crippen LogP contribution < -0.4 is 45.6 Å². The molecule has 41 heavy (non-hydrogen) atoms. The fraction of sp³-hybridized carbons (Fsp3) is 0.258. The van der Waals surface area contributed by atoms with Crippen LogP contribution in [0.3, 0.4) is 0 Å². The van der Waals surface area contributed by atoms with Crippen molar-refractivity contribution in [1.82, 2.24) is 4.68 Å². The number of aromatic nitrogens is 2. The summed E-state index contributed by atoms with van der Waals surface area (Å²) in [7, 11) is 12.7. The third-order valence-electron chi connectivity index (χ3n) is 6.56. The molecule has 0 N–H and O–H groups in total. The summed E-state index contributed by atoms with van der Waals surface area (Å²) in [4.78, 5) is 17.4. The average molecular weight is 623 g/mol. The van der Waals surface area contributed by atoms with Gasteiger partial charge in [-0.3, -0.25) is 4.79 Å². The van der Waals surface area contributed by atoms with Crippen molar-refractivity contribution in [3.8, 4) is 28.6 Å². The van der Waals surface area contributed by atoms with E-state index >= 15 is 0 Å². The van der Waals surface area contributed by atoms with Gasteiger partial charge in [-0.1, -0.05) is 17.2 Å². The van der Waals surface area contributed by atoms with E-state index in [0.717, 1.165) is 22.5 Å². The van der Waals surface area contributed by atoms with E-state index < -0.39 is 0 Å². The van der Waals surface area contributed by atoms with Gasteiger partial charge in [0.15, 0.2) is 24.2 Å². The molecular weight excluding hydrogens is 586 g/mol. The van der Waals surface area contributed by atoms with Crippen molar-refractivity contribution in [2.24, 2.45) is 5.10 Å². The molecule has 3 aromatic carbocycles. The minimum atomic E-state index is -0.0231. The Morgan fingerprint density at radius 1 is 0.854 bits per heavy atom. The maximum absolute atomic E-state index is 13.3. The number of ether oxygens (including phenoxy) is 3. The summed E-state index contributed by atoms with van der Waals surface area (Å²) in [6.45, 7) is 0.118. The maximum atomic E-state index is 13.3. The number of carbonyl (C=O) groups excluding carboxylic acids is 1. The zero-order chi connectivity index (χ0) is 28.8. The van der Waals surface area contributed by atoms with Gasteiger partial charge in [-0.15, -0.1) is 4.68 Å². The number of rotatable bonds is 11. The van der Waals surface area contributed by atoms with Crippen molar-refractivity contribution >= 4 is 23.4 Å². The van der Waals surface area contributed by atoms with Gasteiger partial charge >= 0.3 is 5.82 Å². The fourth-order valence-corrected chi connectivity index (χ4v) is 4.32. The van der Waals surface area contributed by atoms with Crippen LogP contribution in [0.1, 0.15) is 15.9 Å².